The normalized spacial score (nSPS) is 19.6. The fourth-order valence-electron chi connectivity index (χ4n) is 2.21. The minimum absolute atomic E-state index is 0.00635. The van der Waals surface area contributed by atoms with Gasteiger partial charge in [0.15, 0.2) is 0 Å². The van der Waals surface area contributed by atoms with Crippen molar-refractivity contribution in [3.05, 3.63) is 41.7 Å². The van der Waals surface area contributed by atoms with Crippen LogP contribution >= 0.6 is 23.1 Å². The van der Waals surface area contributed by atoms with Crippen LogP contribution in [0, 0.1) is 0 Å². The Balaban J connectivity index is 1.58. The van der Waals surface area contributed by atoms with E-state index >= 15 is 0 Å². The molecule has 1 aliphatic rings. The number of amides is 2. The molecule has 1 N–H and O–H groups in total. The first-order valence-corrected chi connectivity index (χ1v) is 8.50. The molecule has 6 heteroatoms. The number of carbonyl (C=O) groups is 1. The molecule has 2 aromatic heterocycles. The summed E-state index contributed by atoms with van der Waals surface area (Å²) in [6.45, 7) is 1.54. The van der Waals surface area contributed by atoms with Crippen LogP contribution in [0.1, 0.15) is 17.4 Å². The average molecular weight is 308 g/mol. The van der Waals surface area contributed by atoms with E-state index in [-0.39, 0.29) is 6.03 Å². The zero-order valence-corrected chi connectivity index (χ0v) is 12.6. The van der Waals surface area contributed by atoms with E-state index in [1.807, 2.05) is 46.3 Å². The van der Waals surface area contributed by atoms with Crippen LogP contribution in [0.5, 0.6) is 0 Å². The Labute approximate surface area is 126 Å². The first kappa shape index (κ1) is 13.6. The molecule has 0 aromatic carbocycles. The third kappa shape index (κ3) is 3.19. The van der Waals surface area contributed by atoms with Gasteiger partial charge in [-0.05, 0) is 36.1 Å². The van der Waals surface area contributed by atoms with Gasteiger partial charge in [-0.1, -0.05) is 0 Å². The maximum absolute atomic E-state index is 12.2. The van der Waals surface area contributed by atoms with Crippen molar-refractivity contribution >= 4 is 34.1 Å². The largest absolute Gasteiger partial charge is 0.468 e. The third-order valence-corrected chi connectivity index (χ3v) is 5.31. The minimum Gasteiger partial charge on any atom is -0.468 e. The highest BCUT2D eigenvalue weighted by Crippen LogP contribution is 2.34. The van der Waals surface area contributed by atoms with E-state index in [1.54, 1.807) is 17.6 Å². The molecule has 0 radical (unpaired) electrons. The standard InChI is InChI=1S/C14H16N2O2S2/c17-14(15-13-4-2-9-20-13)16-6-5-12(19-10-7-16)11-3-1-8-18-11/h1-4,8-9,12H,5-7,10H2,(H,15,17)/t12-/m1/s1. The van der Waals surface area contributed by atoms with Crippen molar-refractivity contribution in [2.24, 2.45) is 0 Å². The van der Waals surface area contributed by atoms with Gasteiger partial charge in [-0.3, -0.25) is 5.32 Å². The number of nitrogens with zero attached hydrogens (tertiary/aromatic N) is 1. The van der Waals surface area contributed by atoms with E-state index in [0.29, 0.717) is 5.25 Å². The second-order valence-corrected chi connectivity index (χ2v) is 6.82. The second kappa shape index (κ2) is 6.37. The van der Waals surface area contributed by atoms with Crippen LogP contribution in [-0.4, -0.2) is 29.8 Å². The van der Waals surface area contributed by atoms with Crippen LogP contribution < -0.4 is 5.32 Å². The van der Waals surface area contributed by atoms with Crippen molar-refractivity contribution in [2.45, 2.75) is 11.7 Å². The number of anilines is 1. The maximum Gasteiger partial charge on any atom is 0.322 e. The second-order valence-electron chi connectivity index (χ2n) is 4.56. The number of nitrogens with one attached hydrogen (secondary N) is 1. The Morgan fingerprint density at radius 3 is 3.05 bits per heavy atom. The smallest absolute Gasteiger partial charge is 0.322 e. The quantitative estimate of drug-likeness (QED) is 0.910. The summed E-state index contributed by atoms with van der Waals surface area (Å²) in [7, 11) is 0. The lowest BCUT2D eigenvalue weighted by molar-refractivity contribution is 0.215. The zero-order chi connectivity index (χ0) is 13.8. The third-order valence-electron chi connectivity index (χ3n) is 3.24. The van der Waals surface area contributed by atoms with Gasteiger partial charge in [-0.25, -0.2) is 4.79 Å². The van der Waals surface area contributed by atoms with Crippen molar-refractivity contribution in [3.63, 3.8) is 0 Å². The Bertz CT molecular complexity index is 540. The molecule has 2 aromatic rings. The van der Waals surface area contributed by atoms with E-state index in [2.05, 4.69) is 5.32 Å². The summed E-state index contributed by atoms with van der Waals surface area (Å²) >= 11 is 3.40. The van der Waals surface area contributed by atoms with Crippen LogP contribution in [0.3, 0.4) is 0 Å². The molecule has 1 aliphatic heterocycles. The van der Waals surface area contributed by atoms with Crippen molar-refractivity contribution in [3.8, 4) is 0 Å². The Hall–Kier alpha value is -1.40. The molecule has 3 rings (SSSR count). The summed E-state index contributed by atoms with van der Waals surface area (Å²) in [5.74, 6) is 1.94. The lowest BCUT2D eigenvalue weighted by atomic mass is 10.2. The van der Waals surface area contributed by atoms with Gasteiger partial charge < -0.3 is 9.32 Å². The molecule has 3 heterocycles. The van der Waals surface area contributed by atoms with E-state index in [4.69, 9.17) is 4.42 Å². The van der Waals surface area contributed by atoms with Crippen LogP contribution in [-0.2, 0) is 0 Å². The van der Waals surface area contributed by atoms with Gasteiger partial charge >= 0.3 is 6.03 Å². The summed E-state index contributed by atoms with van der Waals surface area (Å²) in [4.78, 5) is 14.1. The highest BCUT2D eigenvalue weighted by atomic mass is 32.2. The van der Waals surface area contributed by atoms with E-state index in [9.17, 15) is 4.79 Å². The van der Waals surface area contributed by atoms with Crippen molar-refractivity contribution < 1.29 is 9.21 Å². The zero-order valence-electron chi connectivity index (χ0n) is 11.0. The molecular formula is C14H16N2O2S2. The number of hydrogen-bond acceptors (Lipinski definition) is 4. The van der Waals surface area contributed by atoms with Crippen molar-refractivity contribution in [1.29, 1.82) is 0 Å². The van der Waals surface area contributed by atoms with Crippen molar-refractivity contribution in [1.82, 2.24) is 4.90 Å². The summed E-state index contributed by atoms with van der Waals surface area (Å²) < 4.78 is 5.47. The topological polar surface area (TPSA) is 45.5 Å². The maximum atomic E-state index is 12.2. The molecule has 1 saturated heterocycles. The first-order valence-electron chi connectivity index (χ1n) is 6.57. The fourth-order valence-corrected chi connectivity index (χ4v) is 4.00. The first-order chi connectivity index (χ1) is 9.83. The molecule has 0 spiro atoms. The lowest BCUT2D eigenvalue weighted by Crippen LogP contribution is -2.36. The van der Waals surface area contributed by atoms with Gasteiger partial charge in [0, 0.05) is 18.8 Å². The monoisotopic (exact) mass is 308 g/mol. The number of thioether (sulfide) groups is 1. The van der Waals surface area contributed by atoms with Crippen molar-refractivity contribution in [2.75, 3.05) is 24.2 Å². The van der Waals surface area contributed by atoms with Crippen LogP contribution in [0.4, 0.5) is 9.80 Å². The number of furan rings is 1. The molecule has 20 heavy (non-hydrogen) atoms. The summed E-state index contributed by atoms with van der Waals surface area (Å²) in [5, 5.41) is 6.15. The Morgan fingerprint density at radius 1 is 1.35 bits per heavy atom. The van der Waals surface area contributed by atoms with E-state index in [0.717, 1.165) is 36.0 Å². The van der Waals surface area contributed by atoms with Crippen LogP contribution in [0.15, 0.2) is 40.3 Å². The molecule has 0 bridgehead atoms. The van der Waals surface area contributed by atoms with Gasteiger partial charge in [-0.15, -0.1) is 23.1 Å². The lowest BCUT2D eigenvalue weighted by Gasteiger charge is -2.20. The fraction of sp³-hybridized carbons (Fsp3) is 0.357. The average Bonchev–Trinajstić information content (AvgIpc) is 3.09. The predicted molar refractivity (Wildman–Crippen MR) is 83.4 cm³/mol. The molecule has 0 unspecified atom stereocenters. The highest BCUT2D eigenvalue weighted by molar-refractivity contribution is 7.99. The Morgan fingerprint density at radius 2 is 2.30 bits per heavy atom. The number of carbonyl (C=O) groups excluding carboxylic acids is 1. The van der Waals surface area contributed by atoms with Gasteiger partial charge in [0.05, 0.1) is 16.5 Å². The summed E-state index contributed by atoms with van der Waals surface area (Å²) in [5.41, 5.74) is 0. The van der Waals surface area contributed by atoms with Gasteiger partial charge in [0.25, 0.3) is 0 Å². The number of urea groups is 1. The van der Waals surface area contributed by atoms with Gasteiger partial charge in [0.1, 0.15) is 5.76 Å². The van der Waals surface area contributed by atoms with Gasteiger partial charge in [-0.2, -0.15) is 0 Å². The summed E-state index contributed by atoms with van der Waals surface area (Å²) in [6, 6.07) is 7.78. The predicted octanol–water partition coefficient (Wildman–Crippen LogP) is 4.05. The summed E-state index contributed by atoms with van der Waals surface area (Å²) in [6.07, 6.45) is 2.64. The van der Waals surface area contributed by atoms with E-state index in [1.165, 1.54) is 0 Å². The molecule has 106 valence electrons. The van der Waals surface area contributed by atoms with E-state index < -0.39 is 0 Å². The number of rotatable bonds is 2. The molecule has 0 saturated carbocycles. The minimum atomic E-state index is -0.00635. The van der Waals surface area contributed by atoms with Gasteiger partial charge in [0.2, 0.25) is 0 Å². The van der Waals surface area contributed by atoms with Crippen LogP contribution in [0.2, 0.25) is 0 Å². The molecule has 1 atom stereocenters. The number of hydrogen-bond donors (Lipinski definition) is 1. The molecule has 2 amide bonds. The SMILES string of the molecule is O=C(Nc1cccs1)N1CCS[C@@H](c2ccco2)CC1. The van der Waals surface area contributed by atoms with Crippen LogP contribution in [0.25, 0.3) is 0 Å². The highest BCUT2D eigenvalue weighted by Gasteiger charge is 2.23. The molecule has 4 nitrogen and oxygen atoms in total. The Kier molecular flexibility index (Phi) is 4.32. The molecule has 1 fully saturated rings. The molecular weight excluding hydrogens is 292 g/mol. The molecule has 0 aliphatic carbocycles. The number of thiophene rings is 1.